The molecule has 0 spiro atoms. The van der Waals surface area contributed by atoms with Gasteiger partial charge in [-0.3, -0.25) is 9.69 Å². The molecular weight excluding hydrogens is 286 g/mol. The number of nitrogens with zero attached hydrogens (tertiary/aromatic N) is 3. The highest BCUT2D eigenvalue weighted by molar-refractivity contribution is 5.92. The first-order valence-electron chi connectivity index (χ1n) is 7.87. The summed E-state index contributed by atoms with van der Waals surface area (Å²) in [6.07, 6.45) is 1.30. The van der Waals surface area contributed by atoms with Crippen molar-refractivity contribution >= 4 is 5.91 Å². The molecule has 122 valence electrons. The van der Waals surface area contributed by atoms with Crippen LogP contribution in [0, 0.1) is 0 Å². The molecule has 3 rings (SSSR count). The van der Waals surface area contributed by atoms with Crippen LogP contribution in [0.3, 0.4) is 0 Å². The molecule has 1 aromatic heterocycles. The zero-order valence-electron chi connectivity index (χ0n) is 13.0. The van der Waals surface area contributed by atoms with Gasteiger partial charge in [-0.1, -0.05) is 12.1 Å². The number of morpholine rings is 1. The second-order valence-corrected chi connectivity index (χ2v) is 6.12. The van der Waals surface area contributed by atoms with Crippen LogP contribution in [0.5, 0.6) is 0 Å². The van der Waals surface area contributed by atoms with Crippen molar-refractivity contribution in [3.05, 3.63) is 17.5 Å². The van der Waals surface area contributed by atoms with Crippen LogP contribution < -0.4 is 0 Å². The molecule has 2 aliphatic rings. The maximum Gasteiger partial charge on any atom is 0.276 e. The van der Waals surface area contributed by atoms with Gasteiger partial charge in [-0.25, -0.2) is 0 Å². The summed E-state index contributed by atoms with van der Waals surface area (Å²) >= 11 is 0. The Morgan fingerprint density at radius 3 is 2.86 bits per heavy atom. The van der Waals surface area contributed by atoms with Crippen molar-refractivity contribution in [2.75, 3.05) is 45.9 Å². The molecule has 0 radical (unpaired) electrons. The third-order valence-corrected chi connectivity index (χ3v) is 4.37. The number of aryl methyl sites for hydroxylation is 1. The fourth-order valence-electron chi connectivity index (χ4n) is 3.08. The van der Waals surface area contributed by atoms with E-state index in [1.807, 2.05) is 6.92 Å². The monoisotopic (exact) mass is 309 g/mol. The lowest BCUT2D eigenvalue weighted by Gasteiger charge is -2.33. The molecule has 3 heterocycles. The van der Waals surface area contributed by atoms with Crippen LogP contribution in [-0.2, 0) is 11.2 Å². The van der Waals surface area contributed by atoms with E-state index in [0.717, 1.165) is 13.1 Å². The van der Waals surface area contributed by atoms with Crippen molar-refractivity contribution in [3.63, 3.8) is 0 Å². The van der Waals surface area contributed by atoms with Crippen LogP contribution in [0.2, 0.25) is 0 Å². The Bertz CT molecular complexity index is 527. The fourth-order valence-corrected chi connectivity index (χ4v) is 3.08. The van der Waals surface area contributed by atoms with Crippen LogP contribution in [0.4, 0.5) is 0 Å². The summed E-state index contributed by atoms with van der Waals surface area (Å²) < 4.78 is 10.4. The Morgan fingerprint density at radius 1 is 1.41 bits per heavy atom. The lowest BCUT2D eigenvalue weighted by Crippen LogP contribution is -2.49. The zero-order chi connectivity index (χ0) is 15.6. The van der Waals surface area contributed by atoms with Crippen molar-refractivity contribution < 1.29 is 19.2 Å². The van der Waals surface area contributed by atoms with E-state index in [4.69, 9.17) is 9.26 Å². The lowest BCUT2D eigenvalue weighted by molar-refractivity contribution is -0.0257. The molecule has 2 aliphatic heterocycles. The summed E-state index contributed by atoms with van der Waals surface area (Å²) in [5.41, 5.74) is -0.517. The number of rotatable bonds is 4. The summed E-state index contributed by atoms with van der Waals surface area (Å²) in [7, 11) is 0. The van der Waals surface area contributed by atoms with Gasteiger partial charge in [-0.05, 0) is 6.42 Å². The third-order valence-electron chi connectivity index (χ3n) is 4.37. The quantitative estimate of drug-likeness (QED) is 0.853. The molecule has 7 heteroatoms. The van der Waals surface area contributed by atoms with Crippen molar-refractivity contribution in [1.82, 2.24) is 15.0 Å². The molecule has 0 saturated carbocycles. The lowest BCUT2D eigenvalue weighted by atomic mass is 10.0. The van der Waals surface area contributed by atoms with E-state index in [9.17, 15) is 9.90 Å². The summed E-state index contributed by atoms with van der Waals surface area (Å²) in [5, 5.41) is 14.6. The first-order chi connectivity index (χ1) is 10.6. The van der Waals surface area contributed by atoms with Gasteiger partial charge in [0.25, 0.3) is 5.91 Å². The van der Waals surface area contributed by atoms with E-state index in [2.05, 4.69) is 10.1 Å². The fraction of sp³-hybridized carbons (Fsp3) is 0.733. The number of hydrogen-bond donors (Lipinski definition) is 1. The maximum atomic E-state index is 12.4. The van der Waals surface area contributed by atoms with Gasteiger partial charge in [0.1, 0.15) is 5.76 Å². The number of aromatic nitrogens is 1. The Hall–Kier alpha value is -1.44. The van der Waals surface area contributed by atoms with E-state index >= 15 is 0 Å². The molecule has 0 unspecified atom stereocenters. The first-order valence-corrected chi connectivity index (χ1v) is 7.87. The van der Waals surface area contributed by atoms with Gasteiger partial charge < -0.3 is 19.3 Å². The third kappa shape index (κ3) is 3.31. The maximum absolute atomic E-state index is 12.4. The van der Waals surface area contributed by atoms with Crippen LogP contribution in [0.1, 0.15) is 29.6 Å². The van der Waals surface area contributed by atoms with Crippen LogP contribution in [0.25, 0.3) is 0 Å². The van der Waals surface area contributed by atoms with Gasteiger partial charge in [0.2, 0.25) is 0 Å². The van der Waals surface area contributed by atoms with Crippen LogP contribution in [0.15, 0.2) is 10.6 Å². The Morgan fingerprint density at radius 2 is 2.18 bits per heavy atom. The van der Waals surface area contributed by atoms with Crippen molar-refractivity contribution in [2.24, 2.45) is 0 Å². The van der Waals surface area contributed by atoms with E-state index < -0.39 is 5.60 Å². The van der Waals surface area contributed by atoms with E-state index in [1.165, 1.54) is 0 Å². The summed E-state index contributed by atoms with van der Waals surface area (Å²) in [6.45, 7) is 6.50. The number of aliphatic hydroxyl groups is 1. The minimum absolute atomic E-state index is 0.165. The highest BCUT2D eigenvalue weighted by Gasteiger charge is 2.40. The van der Waals surface area contributed by atoms with Gasteiger partial charge in [0.05, 0.1) is 25.4 Å². The van der Waals surface area contributed by atoms with E-state index in [1.54, 1.807) is 11.0 Å². The Labute approximate surface area is 129 Å². The SMILES string of the molecule is CCc1cc(C(=O)N2CC[C@@](O)(CN3CCOCC3)C2)no1. The summed E-state index contributed by atoms with van der Waals surface area (Å²) in [5.74, 6) is 0.535. The predicted octanol–water partition coefficient (Wildman–Crippen LogP) is 0.146. The topological polar surface area (TPSA) is 79.0 Å². The molecule has 1 aromatic rings. The van der Waals surface area contributed by atoms with Gasteiger partial charge in [0, 0.05) is 38.7 Å². The molecule has 0 bridgehead atoms. The molecule has 1 atom stereocenters. The molecule has 0 aromatic carbocycles. The molecule has 22 heavy (non-hydrogen) atoms. The average Bonchev–Trinajstić information content (AvgIpc) is 3.14. The first kappa shape index (κ1) is 15.5. The van der Waals surface area contributed by atoms with E-state index in [-0.39, 0.29) is 5.91 Å². The second-order valence-electron chi connectivity index (χ2n) is 6.12. The average molecular weight is 309 g/mol. The van der Waals surface area contributed by atoms with Gasteiger partial charge in [-0.15, -0.1) is 0 Å². The number of carbonyl (C=O) groups excluding carboxylic acids is 1. The summed E-state index contributed by atoms with van der Waals surface area (Å²) in [6, 6.07) is 1.68. The highest BCUT2D eigenvalue weighted by Crippen LogP contribution is 2.24. The number of ether oxygens (including phenoxy) is 1. The van der Waals surface area contributed by atoms with Gasteiger partial charge in [0.15, 0.2) is 5.69 Å². The minimum atomic E-state index is -0.843. The largest absolute Gasteiger partial charge is 0.387 e. The zero-order valence-corrected chi connectivity index (χ0v) is 13.0. The molecule has 2 saturated heterocycles. The van der Waals surface area contributed by atoms with Crippen LogP contribution in [-0.4, -0.2) is 77.5 Å². The predicted molar refractivity (Wildman–Crippen MR) is 78.6 cm³/mol. The van der Waals surface area contributed by atoms with Gasteiger partial charge >= 0.3 is 0 Å². The molecule has 2 fully saturated rings. The normalized spacial score (nSPS) is 26.5. The molecule has 0 aliphatic carbocycles. The number of carbonyl (C=O) groups is 1. The summed E-state index contributed by atoms with van der Waals surface area (Å²) in [4.78, 5) is 16.3. The Kier molecular flexibility index (Phi) is 4.46. The standard InChI is InChI=1S/C15H23N3O4/c1-2-12-9-13(16-22-12)14(19)18-4-3-15(20,11-18)10-17-5-7-21-8-6-17/h9,20H,2-8,10-11H2,1H3/t15-/m1/s1. The molecule has 7 nitrogen and oxygen atoms in total. The number of β-amino-alcohol motifs (C(OH)–C–C–N with tert-alkyl or cyclic N) is 1. The van der Waals surface area contributed by atoms with Crippen molar-refractivity contribution in [3.8, 4) is 0 Å². The number of amides is 1. The minimum Gasteiger partial charge on any atom is -0.387 e. The van der Waals surface area contributed by atoms with Crippen LogP contribution >= 0.6 is 0 Å². The van der Waals surface area contributed by atoms with Crippen molar-refractivity contribution in [2.45, 2.75) is 25.4 Å². The Balaban J connectivity index is 1.59. The van der Waals surface area contributed by atoms with E-state index in [0.29, 0.717) is 57.1 Å². The smallest absolute Gasteiger partial charge is 0.276 e. The molecule has 1 amide bonds. The number of hydrogen-bond acceptors (Lipinski definition) is 6. The van der Waals surface area contributed by atoms with Gasteiger partial charge in [-0.2, -0.15) is 0 Å². The second kappa shape index (κ2) is 6.36. The highest BCUT2D eigenvalue weighted by atomic mass is 16.5. The molecular formula is C15H23N3O4. The molecule has 1 N–H and O–H groups in total. The number of likely N-dealkylation sites (tertiary alicyclic amines) is 1. The van der Waals surface area contributed by atoms with Crippen molar-refractivity contribution in [1.29, 1.82) is 0 Å².